The maximum absolute atomic E-state index is 5.90. The highest BCUT2D eigenvalue weighted by atomic mass is 16.6. The van der Waals surface area contributed by atoms with Crippen LogP contribution in [0.15, 0.2) is 18.2 Å². The lowest BCUT2D eigenvalue weighted by molar-refractivity contribution is -0.102. The Morgan fingerprint density at radius 1 is 1.32 bits per heavy atom. The van der Waals surface area contributed by atoms with Crippen molar-refractivity contribution in [3.63, 3.8) is 0 Å². The first-order chi connectivity index (χ1) is 9.24. The predicted molar refractivity (Wildman–Crippen MR) is 77.5 cm³/mol. The SMILES string of the molecule is CCCNC(c1cccc(C)c1C)C1COCCO1. The lowest BCUT2D eigenvalue weighted by Crippen LogP contribution is -2.41. The molecule has 0 bridgehead atoms. The first kappa shape index (κ1) is 14.5. The monoisotopic (exact) mass is 263 g/mol. The molecule has 1 N–H and O–H groups in total. The summed E-state index contributed by atoms with van der Waals surface area (Å²) in [7, 11) is 0. The molecule has 19 heavy (non-hydrogen) atoms. The van der Waals surface area contributed by atoms with Crippen molar-refractivity contribution in [3.05, 3.63) is 34.9 Å². The number of nitrogens with one attached hydrogen (secondary N) is 1. The van der Waals surface area contributed by atoms with E-state index < -0.39 is 0 Å². The van der Waals surface area contributed by atoms with Crippen molar-refractivity contribution in [2.45, 2.75) is 39.3 Å². The highest BCUT2D eigenvalue weighted by Crippen LogP contribution is 2.26. The number of ether oxygens (including phenoxy) is 2. The minimum Gasteiger partial charge on any atom is -0.376 e. The Morgan fingerprint density at radius 3 is 2.84 bits per heavy atom. The van der Waals surface area contributed by atoms with Crippen LogP contribution in [0.1, 0.15) is 36.1 Å². The average molecular weight is 263 g/mol. The molecular formula is C16H25NO2. The van der Waals surface area contributed by atoms with Gasteiger partial charge in [-0.3, -0.25) is 0 Å². The van der Waals surface area contributed by atoms with Crippen LogP contribution in [0.25, 0.3) is 0 Å². The molecule has 0 amide bonds. The maximum Gasteiger partial charge on any atom is 0.100 e. The summed E-state index contributed by atoms with van der Waals surface area (Å²) < 4.78 is 11.5. The van der Waals surface area contributed by atoms with Crippen LogP contribution in [-0.2, 0) is 9.47 Å². The van der Waals surface area contributed by atoms with Crippen LogP contribution in [0, 0.1) is 13.8 Å². The molecule has 1 saturated heterocycles. The second-order valence-electron chi connectivity index (χ2n) is 5.21. The Hall–Kier alpha value is -0.900. The van der Waals surface area contributed by atoms with Crippen LogP contribution in [0.3, 0.4) is 0 Å². The molecule has 0 aromatic heterocycles. The topological polar surface area (TPSA) is 30.5 Å². The molecule has 1 aromatic rings. The largest absolute Gasteiger partial charge is 0.376 e. The van der Waals surface area contributed by atoms with Gasteiger partial charge >= 0.3 is 0 Å². The lowest BCUT2D eigenvalue weighted by Gasteiger charge is -2.32. The molecule has 106 valence electrons. The molecular weight excluding hydrogens is 238 g/mol. The number of hydrogen-bond donors (Lipinski definition) is 1. The van der Waals surface area contributed by atoms with Gasteiger partial charge in [0.1, 0.15) is 6.10 Å². The number of hydrogen-bond acceptors (Lipinski definition) is 3. The van der Waals surface area contributed by atoms with E-state index >= 15 is 0 Å². The molecule has 2 unspecified atom stereocenters. The van der Waals surface area contributed by atoms with Crippen LogP contribution < -0.4 is 5.32 Å². The van der Waals surface area contributed by atoms with Crippen LogP contribution in [-0.4, -0.2) is 32.5 Å². The summed E-state index contributed by atoms with van der Waals surface area (Å²) in [6.45, 7) is 9.62. The van der Waals surface area contributed by atoms with Gasteiger partial charge in [0.05, 0.1) is 25.9 Å². The molecule has 1 fully saturated rings. The third-order valence-electron chi connectivity index (χ3n) is 3.81. The Bertz CT molecular complexity index is 400. The van der Waals surface area contributed by atoms with E-state index in [1.165, 1.54) is 16.7 Å². The van der Waals surface area contributed by atoms with Gasteiger partial charge in [-0.1, -0.05) is 25.1 Å². The van der Waals surface area contributed by atoms with Gasteiger partial charge in [0.15, 0.2) is 0 Å². The Kier molecular flexibility index (Phi) is 5.37. The normalized spacial score (nSPS) is 21.3. The Morgan fingerprint density at radius 2 is 2.16 bits per heavy atom. The summed E-state index contributed by atoms with van der Waals surface area (Å²) in [6.07, 6.45) is 1.23. The van der Waals surface area contributed by atoms with Crippen molar-refractivity contribution in [2.75, 3.05) is 26.4 Å². The zero-order valence-corrected chi connectivity index (χ0v) is 12.2. The van der Waals surface area contributed by atoms with Gasteiger partial charge in [0.2, 0.25) is 0 Å². The van der Waals surface area contributed by atoms with Gasteiger partial charge in [0.25, 0.3) is 0 Å². The summed E-state index contributed by atoms with van der Waals surface area (Å²) in [4.78, 5) is 0. The molecule has 0 radical (unpaired) electrons. The minimum atomic E-state index is 0.112. The van der Waals surface area contributed by atoms with Crippen LogP contribution in [0.4, 0.5) is 0 Å². The zero-order chi connectivity index (χ0) is 13.7. The van der Waals surface area contributed by atoms with Crippen molar-refractivity contribution in [2.24, 2.45) is 0 Å². The van der Waals surface area contributed by atoms with E-state index in [-0.39, 0.29) is 12.1 Å². The molecule has 2 rings (SSSR count). The van der Waals surface area contributed by atoms with E-state index in [2.05, 4.69) is 44.3 Å². The standard InChI is InChI=1S/C16H25NO2/c1-4-8-17-16(15-11-18-9-10-19-15)14-7-5-6-12(2)13(14)3/h5-7,15-17H,4,8-11H2,1-3H3. The minimum absolute atomic E-state index is 0.112. The molecule has 1 aliphatic rings. The van der Waals surface area contributed by atoms with E-state index in [9.17, 15) is 0 Å². The molecule has 0 spiro atoms. The van der Waals surface area contributed by atoms with Gasteiger partial charge in [0, 0.05) is 0 Å². The van der Waals surface area contributed by atoms with Gasteiger partial charge < -0.3 is 14.8 Å². The van der Waals surface area contributed by atoms with Crippen molar-refractivity contribution in [1.82, 2.24) is 5.32 Å². The van der Waals surface area contributed by atoms with Gasteiger partial charge in [-0.05, 0) is 43.5 Å². The van der Waals surface area contributed by atoms with Crippen molar-refractivity contribution < 1.29 is 9.47 Å². The van der Waals surface area contributed by atoms with Crippen molar-refractivity contribution in [1.29, 1.82) is 0 Å². The molecule has 1 aliphatic heterocycles. The van der Waals surface area contributed by atoms with Crippen molar-refractivity contribution >= 4 is 0 Å². The predicted octanol–water partition coefficient (Wildman–Crippen LogP) is 2.76. The fourth-order valence-electron chi connectivity index (χ4n) is 2.55. The molecule has 2 atom stereocenters. The van der Waals surface area contributed by atoms with Crippen LogP contribution >= 0.6 is 0 Å². The molecule has 0 saturated carbocycles. The average Bonchev–Trinajstić information content (AvgIpc) is 2.45. The summed E-state index contributed by atoms with van der Waals surface area (Å²) in [6, 6.07) is 6.71. The summed E-state index contributed by atoms with van der Waals surface area (Å²) in [5.74, 6) is 0. The van der Waals surface area contributed by atoms with E-state index in [1.807, 2.05) is 0 Å². The lowest BCUT2D eigenvalue weighted by atomic mass is 9.94. The van der Waals surface area contributed by atoms with E-state index in [1.54, 1.807) is 0 Å². The van der Waals surface area contributed by atoms with E-state index in [0.717, 1.165) is 13.0 Å². The fraction of sp³-hybridized carbons (Fsp3) is 0.625. The number of aryl methyl sites for hydroxylation is 1. The van der Waals surface area contributed by atoms with E-state index in [4.69, 9.17) is 9.47 Å². The molecule has 3 nitrogen and oxygen atoms in total. The highest BCUT2D eigenvalue weighted by Gasteiger charge is 2.27. The molecule has 3 heteroatoms. The fourth-order valence-corrected chi connectivity index (χ4v) is 2.55. The summed E-state index contributed by atoms with van der Waals surface area (Å²) >= 11 is 0. The molecule has 1 heterocycles. The smallest absolute Gasteiger partial charge is 0.100 e. The third-order valence-corrected chi connectivity index (χ3v) is 3.81. The Labute approximate surface area is 116 Å². The van der Waals surface area contributed by atoms with Gasteiger partial charge in [-0.15, -0.1) is 0 Å². The molecule has 1 aromatic carbocycles. The first-order valence-electron chi connectivity index (χ1n) is 7.23. The van der Waals surface area contributed by atoms with Crippen molar-refractivity contribution in [3.8, 4) is 0 Å². The van der Waals surface area contributed by atoms with Crippen LogP contribution in [0.2, 0.25) is 0 Å². The second kappa shape index (κ2) is 7.04. The third kappa shape index (κ3) is 3.56. The quantitative estimate of drug-likeness (QED) is 0.886. The summed E-state index contributed by atoms with van der Waals surface area (Å²) in [5, 5.41) is 3.62. The summed E-state index contributed by atoms with van der Waals surface area (Å²) in [5.41, 5.74) is 4.02. The maximum atomic E-state index is 5.90. The highest BCUT2D eigenvalue weighted by molar-refractivity contribution is 5.36. The van der Waals surface area contributed by atoms with Gasteiger partial charge in [-0.25, -0.2) is 0 Å². The van der Waals surface area contributed by atoms with Gasteiger partial charge in [-0.2, -0.15) is 0 Å². The Balaban J connectivity index is 2.22. The first-order valence-corrected chi connectivity index (χ1v) is 7.23. The second-order valence-corrected chi connectivity index (χ2v) is 5.21. The zero-order valence-electron chi connectivity index (χ0n) is 12.2. The van der Waals surface area contributed by atoms with Crippen LogP contribution in [0.5, 0.6) is 0 Å². The number of rotatable bonds is 5. The number of benzene rings is 1. The van der Waals surface area contributed by atoms with E-state index in [0.29, 0.717) is 19.8 Å². The molecule has 0 aliphatic carbocycles.